The molecule has 10 nitrogen and oxygen atoms in total. The van der Waals surface area contributed by atoms with E-state index < -0.39 is 10.9 Å². The van der Waals surface area contributed by atoms with Gasteiger partial charge in [0.1, 0.15) is 11.4 Å². The van der Waals surface area contributed by atoms with Crippen LogP contribution in [0.5, 0.6) is 5.75 Å². The van der Waals surface area contributed by atoms with E-state index in [-0.39, 0.29) is 40.3 Å². The van der Waals surface area contributed by atoms with Crippen molar-refractivity contribution >= 4 is 28.9 Å². The minimum Gasteiger partial charge on any atom is -0.505 e. The van der Waals surface area contributed by atoms with Crippen molar-refractivity contribution < 1.29 is 9.90 Å². The van der Waals surface area contributed by atoms with E-state index in [9.17, 15) is 19.5 Å². The summed E-state index contributed by atoms with van der Waals surface area (Å²) < 4.78 is 0. The van der Waals surface area contributed by atoms with Crippen molar-refractivity contribution in [1.29, 1.82) is 0 Å². The summed E-state index contributed by atoms with van der Waals surface area (Å²) in [5.41, 5.74) is 0.279. The first kappa shape index (κ1) is 25.9. The molecule has 1 fully saturated rings. The molecule has 1 aromatic heterocycles. The number of benzene rings is 2. The first-order valence-corrected chi connectivity index (χ1v) is 13.0. The number of nitrogens with one attached hydrogen (secondary N) is 2. The molecular weight excluding hydrogens is 496 g/mol. The zero-order valence-electron chi connectivity index (χ0n) is 21.6. The predicted molar refractivity (Wildman–Crippen MR) is 151 cm³/mol. The van der Waals surface area contributed by atoms with Crippen molar-refractivity contribution in [2.75, 3.05) is 41.7 Å². The summed E-state index contributed by atoms with van der Waals surface area (Å²) in [6, 6.07) is 16.1. The lowest BCUT2D eigenvalue weighted by molar-refractivity contribution is 0.0743. The summed E-state index contributed by atoms with van der Waals surface area (Å²) in [6.45, 7) is 4.06. The Hall–Kier alpha value is -4.73. The fourth-order valence-corrected chi connectivity index (χ4v) is 4.81. The van der Waals surface area contributed by atoms with E-state index in [1.165, 1.54) is 0 Å². The number of anilines is 4. The van der Waals surface area contributed by atoms with Gasteiger partial charge in [-0.1, -0.05) is 49.7 Å². The molecule has 0 radical (unpaired) electrons. The number of amides is 1. The molecule has 3 aromatic carbocycles. The number of hydrogen-bond donors (Lipinski definition) is 3. The summed E-state index contributed by atoms with van der Waals surface area (Å²) >= 11 is 0. The average Bonchev–Trinajstić information content (AvgIpc) is 2.99. The van der Waals surface area contributed by atoms with Crippen LogP contribution in [0.1, 0.15) is 41.7 Å². The van der Waals surface area contributed by atoms with E-state index in [4.69, 9.17) is 0 Å². The third-order valence-corrected chi connectivity index (χ3v) is 6.94. The van der Waals surface area contributed by atoms with Gasteiger partial charge in [-0.3, -0.25) is 14.4 Å². The maximum Gasteiger partial charge on any atom is 0.257 e. The fraction of sp³-hybridized carbons (Fsp3) is 0.276. The van der Waals surface area contributed by atoms with Gasteiger partial charge in [-0.05, 0) is 30.2 Å². The van der Waals surface area contributed by atoms with Gasteiger partial charge in [0, 0.05) is 38.6 Å². The molecule has 0 aliphatic carbocycles. The molecule has 5 rings (SSSR count). The van der Waals surface area contributed by atoms with E-state index >= 15 is 0 Å². The number of carbonyl (C=O) groups is 1. The normalized spacial score (nSPS) is 14.3. The summed E-state index contributed by atoms with van der Waals surface area (Å²) in [5.74, 6) is 0.0215. The highest BCUT2D eigenvalue weighted by molar-refractivity contribution is 5.99. The van der Waals surface area contributed by atoms with Crippen molar-refractivity contribution in [1.82, 2.24) is 14.9 Å². The second-order valence-electron chi connectivity index (χ2n) is 9.46. The van der Waals surface area contributed by atoms with E-state index in [0.29, 0.717) is 32.1 Å². The Bertz CT molecular complexity index is 1510. The third-order valence-electron chi connectivity index (χ3n) is 6.94. The molecule has 0 spiro atoms. The van der Waals surface area contributed by atoms with Gasteiger partial charge in [-0.2, -0.15) is 0 Å². The van der Waals surface area contributed by atoms with Gasteiger partial charge in [-0.15, -0.1) is 0 Å². The SMILES string of the molecule is CCCC(Nc1c(Nc2cccc(C(=O)N3CCN(c4ncccn4)CC3)c2O)c(=O)c1=O)c1ccccc1. The minimum atomic E-state index is -0.670. The Morgan fingerprint density at radius 3 is 2.31 bits per heavy atom. The highest BCUT2D eigenvalue weighted by Gasteiger charge is 2.28. The van der Waals surface area contributed by atoms with Crippen LogP contribution in [0.3, 0.4) is 0 Å². The van der Waals surface area contributed by atoms with E-state index in [1.54, 1.807) is 41.6 Å². The zero-order valence-corrected chi connectivity index (χ0v) is 21.6. The summed E-state index contributed by atoms with van der Waals surface area (Å²) in [6.07, 6.45) is 5.00. The maximum atomic E-state index is 13.3. The molecule has 0 bridgehead atoms. The van der Waals surface area contributed by atoms with Crippen molar-refractivity contribution in [3.8, 4) is 5.75 Å². The van der Waals surface area contributed by atoms with Crippen LogP contribution in [0.4, 0.5) is 23.0 Å². The molecule has 0 saturated carbocycles. The van der Waals surface area contributed by atoms with Crippen LogP contribution in [0.2, 0.25) is 0 Å². The number of nitrogens with zero attached hydrogens (tertiary/aromatic N) is 4. The van der Waals surface area contributed by atoms with Gasteiger partial charge in [0.15, 0.2) is 5.75 Å². The highest BCUT2D eigenvalue weighted by atomic mass is 16.3. The number of carbonyl (C=O) groups excluding carboxylic acids is 1. The van der Waals surface area contributed by atoms with Crippen LogP contribution in [0.25, 0.3) is 0 Å². The van der Waals surface area contributed by atoms with E-state index in [0.717, 1.165) is 18.4 Å². The summed E-state index contributed by atoms with van der Waals surface area (Å²) in [4.78, 5) is 50.5. The second-order valence-corrected chi connectivity index (χ2v) is 9.46. The average molecular weight is 527 g/mol. The molecule has 10 heteroatoms. The first-order valence-electron chi connectivity index (χ1n) is 13.0. The number of hydrogen-bond acceptors (Lipinski definition) is 9. The summed E-state index contributed by atoms with van der Waals surface area (Å²) in [7, 11) is 0. The lowest BCUT2D eigenvalue weighted by atomic mass is 10.0. The standard InChI is InChI=1S/C29H30N6O4/c1-2-8-21(19-9-4-3-5-10-19)32-23-24(27(38)26(23)37)33-22-12-6-11-20(25(22)36)28(39)34-15-17-35(18-16-34)29-30-13-7-14-31-29/h3-7,9-14,21,32-33,36H,2,8,15-18H2,1H3. The van der Waals surface area contributed by atoms with E-state index in [2.05, 4.69) is 27.5 Å². The Morgan fingerprint density at radius 1 is 0.923 bits per heavy atom. The van der Waals surface area contributed by atoms with Crippen molar-refractivity contribution in [3.05, 3.63) is 98.6 Å². The van der Waals surface area contributed by atoms with Crippen LogP contribution >= 0.6 is 0 Å². The van der Waals surface area contributed by atoms with Gasteiger partial charge in [0.25, 0.3) is 16.8 Å². The molecule has 3 N–H and O–H groups in total. The van der Waals surface area contributed by atoms with Crippen molar-refractivity contribution in [3.63, 3.8) is 0 Å². The molecule has 4 aromatic rings. The Labute approximate surface area is 225 Å². The smallest absolute Gasteiger partial charge is 0.257 e. The topological polar surface area (TPSA) is 128 Å². The van der Waals surface area contributed by atoms with Gasteiger partial charge in [-0.25, -0.2) is 9.97 Å². The minimum absolute atomic E-state index is 0.0772. The Morgan fingerprint density at radius 2 is 1.62 bits per heavy atom. The molecule has 1 aliphatic heterocycles. The van der Waals surface area contributed by atoms with Crippen LogP contribution in [-0.4, -0.2) is 52.1 Å². The number of piperazine rings is 1. The largest absolute Gasteiger partial charge is 0.505 e. The van der Waals surface area contributed by atoms with Crippen LogP contribution in [0, 0.1) is 0 Å². The van der Waals surface area contributed by atoms with Crippen LogP contribution in [-0.2, 0) is 0 Å². The molecule has 2 heterocycles. The maximum absolute atomic E-state index is 13.3. The highest BCUT2D eigenvalue weighted by Crippen LogP contribution is 2.34. The molecule has 200 valence electrons. The molecule has 1 unspecified atom stereocenters. The van der Waals surface area contributed by atoms with Gasteiger partial charge < -0.3 is 25.5 Å². The first-order chi connectivity index (χ1) is 19.0. The van der Waals surface area contributed by atoms with E-state index in [1.807, 2.05) is 35.2 Å². The molecule has 1 atom stereocenters. The number of phenolic OH excluding ortho intramolecular Hbond substituents is 1. The number of aromatic hydroxyl groups is 1. The van der Waals surface area contributed by atoms with Crippen molar-refractivity contribution in [2.45, 2.75) is 25.8 Å². The van der Waals surface area contributed by atoms with Crippen molar-refractivity contribution in [2.24, 2.45) is 0 Å². The Kier molecular flexibility index (Phi) is 7.53. The number of aromatic nitrogens is 2. The number of para-hydroxylation sites is 1. The molecular formula is C29H30N6O4. The zero-order chi connectivity index (χ0) is 27.4. The fourth-order valence-electron chi connectivity index (χ4n) is 4.81. The second kappa shape index (κ2) is 11.3. The quantitative estimate of drug-likeness (QED) is 0.222. The van der Waals surface area contributed by atoms with Gasteiger partial charge in [0.05, 0.1) is 17.3 Å². The lowest BCUT2D eigenvalue weighted by Gasteiger charge is -2.34. The third kappa shape index (κ3) is 5.31. The monoisotopic (exact) mass is 526 g/mol. The van der Waals surface area contributed by atoms with Gasteiger partial charge in [0.2, 0.25) is 5.95 Å². The van der Waals surface area contributed by atoms with Crippen LogP contribution < -0.4 is 26.4 Å². The Balaban J connectivity index is 1.31. The lowest BCUT2D eigenvalue weighted by Crippen LogP contribution is -2.49. The van der Waals surface area contributed by atoms with Crippen LogP contribution in [0.15, 0.2) is 76.6 Å². The number of rotatable bonds is 9. The van der Waals surface area contributed by atoms with Gasteiger partial charge >= 0.3 is 0 Å². The molecule has 1 aliphatic rings. The molecule has 1 amide bonds. The number of phenols is 1. The predicted octanol–water partition coefficient (Wildman–Crippen LogP) is 3.44. The summed E-state index contributed by atoms with van der Waals surface area (Å²) in [5, 5.41) is 17.1. The molecule has 1 saturated heterocycles. The molecule has 39 heavy (non-hydrogen) atoms.